The molecule has 3 heterocycles. The van der Waals surface area contributed by atoms with Crippen molar-refractivity contribution in [1.82, 2.24) is 15.2 Å². The van der Waals surface area contributed by atoms with E-state index in [1.165, 1.54) is 44.7 Å². The van der Waals surface area contributed by atoms with E-state index in [9.17, 15) is 0 Å². The number of nitrogens with zero attached hydrogens (tertiary/aromatic N) is 2. The zero-order chi connectivity index (χ0) is 18.2. The summed E-state index contributed by atoms with van der Waals surface area (Å²) in [5.41, 5.74) is 9.96. The Labute approximate surface area is 159 Å². The van der Waals surface area contributed by atoms with Crippen molar-refractivity contribution < 1.29 is 0 Å². The monoisotopic (exact) mass is 364 g/mol. The Balaban J connectivity index is 1.80. The van der Waals surface area contributed by atoms with Crippen molar-refractivity contribution in [2.45, 2.75) is 52.4 Å². The number of anilines is 1. The van der Waals surface area contributed by atoms with Crippen molar-refractivity contribution in [1.29, 1.82) is 0 Å². The van der Waals surface area contributed by atoms with E-state index in [1.807, 2.05) is 0 Å². The Hall–Kier alpha value is -2.14. The Morgan fingerprint density at radius 2 is 2.00 bits per heavy atom. The van der Waals surface area contributed by atoms with Crippen molar-refractivity contribution in [2.24, 2.45) is 0 Å². The fourth-order valence-corrected chi connectivity index (χ4v) is 5.09. The molecule has 4 nitrogen and oxygen atoms in total. The number of rotatable bonds is 1. The van der Waals surface area contributed by atoms with Crippen molar-refractivity contribution >= 4 is 33.8 Å². The lowest BCUT2D eigenvalue weighted by Gasteiger charge is -2.22. The van der Waals surface area contributed by atoms with E-state index >= 15 is 0 Å². The first-order chi connectivity index (χ1) is 12.4. The fraction of sp³-hybridized carbons (Fsp3) is 0.429. The van der Waals surface area contributed by atoms with Crippen LogP contribution in [-0.2, 0) is 18.3 Å². The number of H-pyrrole nitrogens is 2. The van der Waals surface area contributed by atoms with Gasteiger partial charge in [-0.05, 0) is 70.2 Å². The minimum absolute atomic E-state index is 0.106. The largest absolute Gasteiger partial charge is 0.353 e. The highest BCUT2D eigenvalue weighted by atomic mass is 32.1. The van der Waals surface area contributed by atoms with Gasteiger partial charge in [-0.2, -0.15) is 5.10 Å². The van der Waals surface area contributed by atoms with Crippen LogP contribution in [0.15, 0.2) is 12.1 Å². The first-order valence-corrected chi connectivity index (χ1v) is 9.89. The van der Waals surface area contributed by atoms with Crippen molar-refractivity contribution in [3.05, 3.63) is 34.5 Å². The Morgan fingerprint density at radius 1 is 1.23 bits per heavy atom. The summed E-state index contributed by atoms with van der Waals surface area (Å²) in [5, 5.41) is 9.12. The topological polar surface area (TPSA) is 47.7 Å². The molecule has 1 aliphatic heterocycles. The van der Waals surface area contributed by atoms with Gasteiger partial charge in [-0.3, -0.25) is 5.10 Å². The summed E-state index contributed by atoms with van der Waals surface area (Å²) < 4.78 is 0. The zero-order valence-corrected chi connectivity index (χ0v) is 16.6. The highest BCUT2D eigenvalue weighted by Crippen LogP contribution is 2.46. The van der Waals surface area contributed by atoms with Gasteiger partial charge in [-0.1, -0.05) is 12.2 Å². The third-order valence-electron chi connectivity index (χ3n) is 6.25. The lowest BCUT2D eigenvalue weighted by Crippen LogP contribution is -2.34. The van der Waals surface area contributed by atoms with Crippen molar-refractivity contribution in [3.8, 4) is 11.4 Å². The van der Waals surface area contributed by atoms with Crippen LogP contribution >= 0.6 is 12.2 Å². The molecule has 0 spiro atoms. The number of aryl methyl sites for hydroxylation is 2. The van der Waals surface area contributed by atoms with Gasteiger partial charge in [0, 0.05) is 39.8 Å². The molecule has 1 aromatic carbocycles. The van der Waals surface area contributed by atoms with Crippen LogP contribution in [0.3, 0.4) is 0 Å². The van der Waals surface area contributed by atoms with Gasteiger partial charge < -0.3 is 9.88 Å². The Morgan fingerprint density at radius 3 is 2.77 bits per heavy atom. The number of thiocarbonyl (C=S) groups is 1. The van der Waals surface area contributed by atoms with E-state index in [1.54, 1.807) is 0 Å². The molecule has 2 N–H and O–H groups in total. The Kier molecular flexibility index (Phi) is 3.21. The van der Waals surface area contributed by atoms with Gasteiger partial charge in [0.1, 0.15) is 5.69 Å². The molecule has 0 saturated heterocycles. The molecule has 0 fully saturated rings. The molecule has 5 heteroatoms. The predicted octanol–water partition coefficient (Wildman–Crippen LogP) is 4.80. The van der Waals surface area contributed by atoms with Crippen LogP contribution in [0.5, 0.6) is 0 Å². The lowest BCUT2D eigenvalue weighted by molar-refractivity contribution is 0.743. The van der Waals surface area contributed by atoms with E-state index < -0.39 is 0 Å². The highest BCUT2D eigenvalue weighted by Gasteiger charge is 2.40. The van der Waals surface area contributed by atoms with Gasteiger partial charge in [-0.15, -0.1) is 0 Å². The number of hydrogen-bond acceptors (Lipinski definition) is 2. The Bertz CT molecular complexity index is 1070. The van der Waals surface area contributed by atoms with Crippen LogP contribution in [0.1, 0.15) is 49.6 Å². The zero-order valence-electron chi connectivity index (χ0n) is 15.8. The van der Waals surface area contributed by atoms with Gasteiger partial charge in [0.2, 0.25) is 0 Å². The molecule has 2 aliphatic rings. The normalized spacial score (nSPS) is 18.0. The van der Waals surface area contributed by atoms with Crippen LogP contribution in [0.2, 0.25) is 0 Å². The molecule has 26 heavy (non-hydrogen) atoms. The summed E-state index contributed by atoms with van der Waals surface area (Å²) in [6.45, 7) is 9.68. The first kappa shape index (κ1) is 16.1. The molecule has 1 aliphatic carbocycles. The third-order valence-corrected chi connectivity index (χ3v) is 6.98. The quantitative estimate of drug-likeness (QED) is 0.610. The second-order valence-corrected chi connectivity index (χ2v) is 8.48. The molecule has 0 bridgehead atoms. The number of benzene rings is 1. The molecule has 0 saturated carbocycles. The average Bonchev–Trinajstić information content (AvgIpc) is 3.15. The summed E-state index contributed by atoms with van der Waals surface area (Å²) in [6, 6.07) is 4.68. The SMILES string of the molecule is CCN1C(=S)C(C)(C)c2cc3[nH]c4c(c3cc21)CCCc1c-4n[nH]c1C. The lowest BCUT2D eigenvalue weighted by atomic mass is 9.86. The molecule has 0 radical (unpaired) electrons. The summed E-state index contributed by atoms with van der Waals surface area (Å²) in [7, 11) is 0. The molecule has 0 atom stereocenters. The first-order valence-electron chi connectivity index (χ1n) is 9.48. The maximum Gasteiger partial charge on any atom is 0.112 e. The number of hydrogen-bond donors (Lipinski definition) is 2. The summed E-state index contributed by atoms with van der Waals surface area (Å²) in [4.78, 5) is 7.02. The van der Waals surface area contributed by atoms with Crippen LogP contribution in [0.25, 0.3) is 22.3 Å². The van der Waals surface area contributed by atoms with E-state index in [2.05, 4.69) is 59.9 Å². The van der Waals surface area contributed by atoms with Crippen LogP contribution in [-0.4, -0.2) is 26.7 Å². The van der Waals surface area contributed by atoms with Gasteiger partial charge >= 0.3 is 0 Å². The number of nitrogens with one attached hydrogen (secondary N) is 2. The van der Waals surface area contributed by atoms with Crippen LogP contribution in [0, 0.1) is 6.92 Å². The maximum atomic E-state index is 5.79. The second kappa shape index (κ2) is 5.19. The molecule has 0 unspecified atom stereocenters. The summed E-state index contributed by atoms with van der Waals surface area (Å²) in [6.07, 6.45) is 3.33. The number of aromatic amines is 2. The van der Waals surface area contributed by atoms with Crippen LogP contribution in [0.4, 0.5) is 5.69 Å². The molecule has 134 valence electrons. The second-order valence-electron chi connectivity index (χ2n) is 8.10. The standard InChI is InChI=1S/C21H24N4S/c1-5-25-17-9-14-13-8-6-7-12-11(2)23-24-19(12)18(13)22-16(14)10-15(17)21(3,4)20(25)26/h9-10,22H,5-8H2,1-4H3,(H,23,24). The van der Waals surface area contributed by atoms with Crippen LogP contribution < -0.4 is 4.90 Å². The predicted molar refractivity (Wildman–Crippen MR) is 111 cm³/mol. The van der Waals surface area contributed by atoms with E-state index in [0.717, 1.165) is 36.5 Å². The van der Waals surface area contributed by atoms with Gasteiger partial charge in [-0.25, -0.2) is 0 Å². The fourth-order valence-electron chi connectivity index (χ4n) is 4.75. The minimum atomic E-state index is -0.106. The molecule has 2 aromatic heterocycles. The van der Waals surface area contributed by atoms with E-state index in [-0.39, 0.29) is 5.41 Å². The highest BCUT2D eigenvalue weighted by molar-refractivity contribution is 7.80. The molecule has 5 rings (SSSR count). The summed E-state index contributed by atoms with van der Waals surface area (Å²) in [5.74, 6) is 0. The van der Waals surface area contributed by atoms with Crippen molar-refractivity contribution in [2.75, 3.05) is 11.4 Å². The molecule has 3 aromatic rings. The average molecular weight is 365 g/mol. The van der Waals surface area contributed by atoms with Gasteiger partial charge in [0.25, 0.3) is 0 Å². The van der Waals surface area contributed by atoms with E-state index in [0.29, 0.717) is 0 Å². The number of aromatic nitrogens is 3. The minimum Gasteiger partial charge on any atom is -0.353 e. The summed E-state index contributed by atoms with van der Waals surface area (Å²) >= 11 is 5.79. The maximum absolute atomic E-state index is 5.79. The third kappa shape index (κ3) is 1.89. The number of fused-ring (bicyclic) bond motifs is 6. The molecular formula is C21H24N4S. The van der Waals surface area contributed by atoms with E-state index in [4.69, 9.17) is 12.2 Å². The smallest absolute Gasteiger partial charge is 0.112 e. The van der Waals surface area contributed by atoms with Gasteiger partial charge in [0.15, 0.2) is 0 Å². The van der Waals surface area contributed by atoms with Gasteiger partial charge in [0.05, 0.1) is 10.7 Å². The molecule has 0 amide bonds. The number of likely N-dealkylation sites (N-methyl/N-ethyl adjacent to an activating group) is 1. The van der Waals surface area contributed by atoms with Crippen molar-refractivity contribution in [3.63, 3.8) is 0 Å². The molecular weight excluding hydrogens is 340 g/mol.